The fraction of sp³-hybridized carbons (Fsp3) is 0.333. The Morgan fingerprint density at radius 3 is 2.43 bits per heavy atom. The smallest absolute Gasteiger partial charge is 0.416 e. The Bertz CT molecular complexity index is 971. The molecule has 152 valence electrons. The van der Waals surface area contributed by atoms with Crippen molar-refractivity contribution in [2.24, 2.45) is 0 Å². The van der Waals surface area contributed by atoms with Gasteiger partial charge in [0.1, 0.15) is 10.6 Å². The van der Waals surface area contributed by atoms with Gasteiger partial charge in [0, 0.05) is 13.1 Å². The number of phenolic OH excluding ortho intramolecular Hbond substituents is 1. The molecule has 0 amide bonds. The molecule has 6 nitrogen and oxygen atoms in total. The van der Waals surface area contributed by atoms with Crippen molar-refractivity contribution in [3.8, 4) is 5.75 Å². The Hall–Kier alpha value is -2.46. The third-order valence-electron chi connectivity index (χ3n) is 4.32. The van der Waals surface area contributed by atoms with Crippen LogP contribution in [0.5, 0.6) is 5.75 Å². The number of anilines is 2. The van der Waals surface area contributed by atoms with Gasteiger partial charge in [0.15, 0.2) is 0 Å². The van der Waals surface area contributed by atoms with Crippen LogP contribution in [0.1, 0.15) is 11.1 Å². The van der Waals surface area contributed by atoms with E-state index in [1.807, 2.05) is 0 Å². The molecule has 0 spiro atoms. The van der Waals surface area contributed by atoms with Crippen LogP contribution in [-0.4, -0.2) is 39.8 Å². The molecule has 0 bridgehead atoms. The molecule has 0 radical (unpaired) electrons. The summed E-state index contributed by atoms with van der Waals surface area (Å²) in [6, 6.07) is 6.90. The lowest BCUT2D eigenvalue weighted by molar-refractivity contribution is -0.137. The van der Waals surface area contributed by atoms with E-state index in [-0.39, 0.29) is 5.69 Å². The van der Waals surface area contributed by atoms with E-state index in [9.17, 15) is 26.7 Å². The van der Waals surface area contributed by atoms with E-state index in [1.54, 1.807) is 11.8 Å². The molecule has 3 rings (SSSR count). The molecular formula is C18H19F3N2O4S. The van der Waals surface area contributed by atoms with Crippen molar-refractivity contribution in [3.05, 3.63) is 47.5 Å². The van der Waals surface area contributed by atoms with Crippen LogP contribution in [0.2, 0.25) is 0 Å². The Morgan fingerprint density at radius 2 is 1.79 bits per heavy atom. The average molecular weight is 416 g/mol. The van der Waals surface area contributed by atoms with Gasteiger partial charge in [0.05, 0.1) is 30.2 Å². The number of nitrogens with one attached hydrogen (secondary N) is 1. The summed E-state index contributed by atoms with van der Waals surface area (Å²) in [5, 5.41) is 9.92. The van der Waals surface area contributed by atoms with Gasteiger partial charge >= 0.3 is 6.18 Å². The average Bonchev–Trinajstić information content (AvgIpc) is 2.63. The maximum absolute atomic E-state index is 13.2. The highest BCUT2D eigenvalue weighted by atomic mass is 32.2. The summed E-state index contributed by atoms with van der Waals surface area (Å²) < 4.78 is 72.5. The number of aromatic hydroxyl groups is 1. The maximum Gasteiger partial charge on any atom is 0.416 e. The predicted molar refractivity (Wildman–Crippen MR) is 98.1 cm³/mol. The van der Waals surface area contributed by atoms with Crippen LogP contribution >= 0.6 is 0 Å². The number of hydrogen-bond acceptors (Lipinski definition) is 5. The van der Waals surface area contributed by atoms with Crippen LogP contribution in [0.25, 0.3) is 0 Å². The zero-order valence-corrected chi connectivity index (χ0v) is 15.8. The quantitative estimate of drug-likeness (QED) is 0.799. The van der Waals surface area contributed by atoms with E-state index >= 15 is 0 Å². The topological polar surface area (TPSA) is 78.9 Å². The lowest BCUT2D eigenvalue weighted by Gasteiger charge is -2.31. The number of alkyl halides is 3. The van der Waals surface area contributed by atoms with Crippen molar-refractivity contribution in [1.82, 2.24) is 0 Å². The SMILES string of the molecule is Cc1ccc(O)c(S(=O)(=O)Nc2cc(C(F)(F)F)ccc2N2CCOCC2)c1. The first-order valence-electron chi connectivity index (χ1n) is 8.44. The van der Waals surface area contributed by atoms with Crippen LogP contribution in [0.4, 0.5) is 24.5 Å². The molecule has 1 saturated heterocycles. The van der Waals surface area contributed by atoms with Crippen LogP contribution < -0.4 is 9.62 Å². The summed E-state index contributed by atoms with van der Waals surface area (Å²) in [6.45, 7) is 3.23. The first kappa shape index (κ1) is 20.3. The van der Waals surface area contributed by atoms with Crippen LogP contribution in [0, 0.1) is 6.92 Å². The van der Waals surface area contributed by atoms with Crippen molar-refractivity contribution in [2.45, 2.75) is 18.0 Å². The largest absolute Gasteiger partial charge is 0.507 e. The highest BCUT2D eigenvalue weighted by Gasteiger charge is 2.32. The second-order valence-corrected chi connectivity index (χ2v) is 8.06. The van der Waals surface area contributed by atoms with Crippen LogP contribution in [0.15, 0.2) is 41.3 Å². The van der Waals surface area contributed by atoms with Gasteiger partial charge in [-0.1, -0.05) is 6.07 Å². The number of morpholine rings is 1. The fourth-order valence-corrected chi connectivity index (χ4v) is 4.16. The standard InChI is InChI=1S/C18H19F3N2O4S/c1-12-2-5-16(24)17(10-12)28(25,26)22-14-11-13(18(19,20)21)3-4-15(14)23-6-8-27-9-7-23/h2-5,10-11,22,24H,6-9H2,1H3. The number of ether oxygens (including phenoxy) is 1. The molecular weight excluding hydrogens is 397 g/mol. The minimum absolute atomic E-state index is 0.211. The number of sulfonamides is 1. The molecule has 1 heterocycles. The first-order valence-corrected chi connectivity index (χ1v) is 9.92. The van der Waals surface area contributed by atoms with E-state index in [1.165, 1.54) is 24.3 Å². The summed E-state index contributed by atoms with van der Waals surface area (Å²) in [7, 11) is -4.32. The molecule has 0 aliphatic carbocycles. The van der Waals surface area contributed by atoms with E-state index in [0.29, 0.717) is 37.6 Å². The lowest BCUT2D eigenvalue weighted by Crippen LogP contribution is -2.36. The molecule has 0 aromatic heterocycles. The summed E-state index contributed by atoms with van der Waals surface area (Å²) in [5.74, 6) is -0.488. The number of benzene rings is 2. The van der Waals surface area contributed by atoms with Crippen LogP contribution in [0.3, 0.4) is 0 Å². The van der Waals surface area contributed by atoms with Gasteiger partial charge in [0.25, 0.3) is 10.0 Å². The minimum atomic E-state index is -4.63. The predicted octanol–water partition coefficient (Wildman–Crippen LogP) is 3.36. The van der Waals surface area contributed by atoms with Crippen LogP contribution in [-0.2, 0) is 20.9 Å². The first-order chi connectivity index (χ1) is 13.1. The Labute approximate surface area is 160 Å². The van der Waals surface area contributed by atoms with Crippen molar-refractivity contribution in [1.29, 1.82) is 0 Å². The zero-order valence-electron chi connectivity index (χ0n) is 15.0. The summed E-state index contributed by atoms with van der Waals surface area (Å²) in [6.07, 6.45) is -4.63. The van der Waals surface area contributed by atoms with Gasteiger partial charge in [-0.3, -0.25) is 4.72 Å². The minimum Gasteiger partial charge on any atom is -0.507 e. The number of phenols is 1. The van der Waals surface area contributed by atoms with Gasteiger partial charge in [0.2, 0.25) is 0 Å². The summed E-state index contributed by atoms with van der Waals surface area (Å²) in [4.78, 5) is 1.34. The van der Waals surface area contributed by atoms with E-state index < -0.39 is 32.4 Å². The number of rotatable bonds is 4. The molecule has 1 fully saturated rings. The third kappa shape index (κ3) is 4.33. The van der Waals surface area contributed by atoms with Crippen molar-refractivity contribution in [2.75, 3.05) is 35.9 Å². The molecule has 0 unspecified atom stereocenters. The van der Waals surface area contributed by atoms with Gasteiger partial charge in [-0.25, -0.2) is 8.42 Å². The molecule has 0 atom stereocenters. The van der Waals surface area contributed by atoms with Crippen molar-refractivity contribution < 1.29 is 31.4 Å². The second-order valence-electron chi connectivity index (χ2n) is 6.41. The normalized spacial score (nSPS) is 15.5. The number of nitrogens with zero attached hydrogens (tertiary/aromatic N) is 1. The fourth-order valence-electron chi connectivity index (χ4n) is 2.91. The van der Waals surface area contributed by atoms with Crippen molar-refractivity contribution >= 4 is 21.4 Å². The number of hydrogen-bond donors (Lipinski definition) is 2. The van der Waals surface area contributed by atoms with Gasteiger partial charge in [-0.15, -0.1) is 0 Å². The van der Waals surface area contributed by atoms with Gasteiger partial charge in [-0.2, -0.15) is 13.2 Å². The molecule has 28 heavy (non-hydrogen) atoms. The van der Waals surface area contributed by atoms with E-state index in [0.717, 1.165) is 12.1 Å². The molecule has 1 aliphatic heterocycles. The highest BCUT2D eigenvalue weighted by molar-refractivity contribution is 7.92. The summed E-state index contributed by atoms with van der Waals surface area (Å²) >= 11 is 0. The Morgan fingerprint density at radius 1 is 1.11 bits per heavy atom. The third-order valence-corrected chi connectivity index (χ3v) is 5.72. The van der Waals surface area contributed by atoms with Gasteiger partial charge < -0.3 is 14.7 Å². The van der Waals surface area contributed by atoms with Crippen molar-refractivity contribution in [3.63, 3.8) is 0 Å². The molecule has 2 aromatic rings. The molecule has 10 heteroatoms. The second kappa shape index (κ2) is 7.51. The number of aryl methyl sites for hydroxylation is 1. The maximum atomic E-state index is 13.2. The highest BCUT2D eigenvalue weighted by Crippen LogP contribution is 2.37. The van der Waals surface area contributed by atoms with Gasteiger partial charge in [-0.05, 0) is 42.8 Å². The molecule has 2 N–H and O–H groups in total. The van der Waals surface area contributed by atoms with E-state index in [4.69, 9.17) is 4.74 Å². The Kier molecular flexibility index (Phi) is 5.44. The lowest BCUT2D eigenvalue weighted by atomic mass is 10.1. The Balaban J connectivity index is 2.06. The summed E-state index contributed by atoms with van der Waals surface area (Å²) in [5.41, 5.74) is -0.295. The monoisotopic (exact) mass is 416 g/mol. The number of halogens is 3. The molecule has 1 aliphatic rings. The molecule has 2 aromatic carbocycles. The van der Waals surface area contributed by atoms with E-state index in [2.05, 4.69) is 4.72 Å². The zero-order chi connectivity index (χ0) is 20.5. The molecule has 0 saturated carbocycles.